The molecule has 3 aromatic carbocycles. The molecule has 0 aliphatic rings. The van der Waals surface area contributed by atoms with Gasteiger partial charge in [-0.25, -0.2) is 4.39 Å². The average molecular weight is 400 g/mol. The first-order valence-corrected chi connectivity index (χ1v) is 10.1. The van der Waals surface area contributed by atoms with Gasteiger partial charge >= 0.3 is 0 Å². The summed E-state index contributed by atoms with van der Waals surface area (Å²) in [5.41, 5.74) is 6.73. The van der Waals surface area contributed by atoms with Crippen LogP contribution < -0.4 is 5.32 Å². The quantitative estimate of drug-likeness (QED) is 0.459. The highest BCUT2D eigenvalue weighted by Gasteiger charge is 2.15. The molecule has 0 atom stereocenters. The summed E-state index contributed by atoms with van der Waals surface area (Å²) in [6.07, 6.45) is 0. The van der Waals surface area contributed by atoms with Crippen LogP contribution in [0.1, 0.15) is 38.3 Å². The lowest BCUT2D eigenvalue weighted by Gasteiger charge is -2.10. The van der Waals surface area contributed by atoms with E-state index in [1.54, 1.807) is 6.07 Å². The number of nitrogens with one attached hydrogen (secondary N) is 1. The van der Waals surface area contributed by atoms with Crippen molar-refractivity contribution in [1.29, 1.82) is 0 Å². The van der Waals surface area contributed by atoms with Crippen molar-refractivity contribution >= 4 is 16.8 Å². The van der Waals surface area contributed by atoms with Gasteiger partial charge in [-0.1, -0.05) is 42.5 Å². The third kappa shape index (κ3) is 3.73. The molecule has 0 aliphatic carbocycles. The molecule has 0 spiro atoms. The summed E-state index contributed by atoms with van der Waals surface area (Å²) < 4.78 is 16.3. The van der Waals surface area contributed by atoms with Crippen LogP contribution in [0.3, 0.4) is 0 Å². The third-order valence-corrected chi connectivity index (χ3v) is 5.89. The largest absolute Gasteiger partial charge is 0.348 e. The van der Waals surface area contributed by atoms with E-state index in [9.17, 15) is 9.18 Å². The maximum Gasteiger partial charge on any atom is 0.251 e. The van der Waals surface area contributed by atoms with Crippen LogP contribution in [0.2, 0.25) is 0 Å². The Morgan fingerprint density at radius 2 is 1.63 bits per heavy atom. The van der Waals surface area contributed by atoms with Gasteiger partial charge in [0.15, 0.2) is 0 Å². The number of hydrogen-bond donors (Lipinski definition) is 1. The molecule has 0 aliphatic heterocycles. The van der Waals surface area contributed by atoms with Crippen molar-refractivity contribution in [1.82, 2.24) is 9.88 Å². The highest BCUT2D eigenvalue weighted by Crippen LogP contribution is 2.27. The van der Waals surface area contributed by atoms with E-state index < -0.39 is 0 Å². The van der Waals surface area contributed by atoms with E-state index in [0.29, 0.717) is 24.2 Å². The molecule has 4 rings (SSSR count). The standard InChI is InChI=1S/C26H25FN2O/c1-17-8-4-5-9-21(17)15-28-26(30)20-12-13-25-23(14-20)18(2)19(3)29(25)16-22-10-6-7-11-24(22)27/h4-14H,15-16H2,1-3H3,(H,28,30). The van der Waals surface area contributed by atoms with Gasteiger partial charge in [0.05, 0.1) is 6.54 Å². The summed E-state index contributed by atoms with van der Waals surface area (Å²) in [5.74, 6) is -0.303. The molecule has 0 fully saturated rings. The number of amides is 1. The number of aromatic nitrogens is 1. The Labute approximate surface area is 176 Å². The summed E-state index contributed by atoms with van der Waals surface area (Å²) in [6.45, 7) is 7.08. The zero-order chi connectivity index (χ0) is 21.3. The number of halogens is 1. The molecule has 0 unspecified atom stereocenters. The maximum atomic E-state index is 14.2. The number of carbonyl (C=O) groups excluding carboxylic acids is 1. The van der Waals surface area contributed by atoms with E-state index in [1.807, 2.05) is 75.4 Å². The van der Waals surface area contributed by atoms with Gasteiger partial charge in [0.25, 0.3) is 5.91 Å². The lowest BCUT2D eigenvalue weighted by molar-refractivity contribution is 0.0951. The van der Waals surface area contributed by atoms with E-state index in [2.05, 4.69) is 9.88 Å². The molecule has 0 radical (unpaired) electrons. The van der Waals surface area contributed by atoms with Gasteiger partial charge in [-0.3, -0.25) is 4.79 Å². The minimum Gasteiger partial charge on any atom is -0.348 e. The molecular formula is C26H25FN2O. The summed E-state index contributed by atoms with van der Waals surface area (Å²) in [7, 11) is 0. The zero-order valence-electron chi connectivity index (χ0n) is 17.5. The first-order valence-electron chi connectivity index (χ1n) is 10.1. The van der Waals surface area contributed by atoms with Gasteiger partial charge in [-0.05, 0) is 61.7 Å². The number of nitrogens with zero attached hydrogens (tertiary/aromatic N) is 1. The van der Waals surface area contributed by atoms with Gasteiger partial charge in [0.2, 0.25) is 0 Å². The second-order valence-corrected chi connectivity index (χ2v) is 7.73. The molecular weight excluding hydrogens is 375 g/mol. The van der Waals surface area contributed by atoms with E-state index in [0.717, 1.165) is 33.3 Å². The topological polar surface area (TPSA) is 34.0 Å². The lowest BCUT2D eigenvalue weighted by Crippen LogP contribution is -2.23. The Morgan fingerprint density at radius 3 is 2.37 bits per heavy atom. The van der Waals surface area contributed by atoms with Crippen LogP contribution in [0, 0.1) is 26.6 Å². The van der Waals surface area contributed by atoms with E-state index in [4.69, 9.17) is 0 Å². The van der Waals surface area contributed by atoms with Gasteiger partial charge in [0, 0.05) is 34.3 Å². The van der Waals surface area contributed by atoms with Gasteiger partial charge in [-0.2, -0.15) is 0 Å². The Morgan fingerprint density at radius 1 is 0.933 bits per heavy atom. The third-order valence-electron chi connectivity index (χ3n) is 5.89. The monoisotopic (exact) mass is 400 g/mol. The summed E-state index contributed by atoms with van der Waals surface area (Å²) >= 11 is 0. The van der Waals surface area contributed by atoms with Crippen LogP contribution in [-0.2, 0) is 13.1 Å². The molecule has 4 aromatic rings. The van der Waals surface area contributed by atoms with E-state index in [1.165, 1.54) is 6.07 Å². The predicted octanol–water partition coefficient (Wildman–Crippen LogP) is 5.68. The fourth-order valence-corrected chi connectivity index (χ4v) is 3.88. The Bertz CT molecular complexity index is 1240. The van der Waals surface area contributed by atoms with Crippen molar-refractivity contribution < 1.29 is 9.18 Å². The van der Waals surface area contributed by atoms with E-state index >= 15 is 0 Å². The lowest BCUT2D eigenvalue weighted by atomic mass is 10.1. The van der Waals surface area contributed by atoms with Crippen molar-refractivity contribution in [2.24, 2.45) is 0 Å². The SMILES string of the molecule is Cc1ccccc1CNC(=O)c1ccc2c(c1)c(C)c(C)n2Cc1ccccc1F. The van der Waals surface area contributed by atoms with Crippen molar-refractivity contribution in [3.05, 3.63) is 106 Å². The molecule has 152 valence electrons. The number of benzene rings is 3. The van der Waals surface area contributed by atoms with Crippen LogP contribution in [0.25, 0.3) is 10.9 Å². The summed E-state index contributed by atoms with van der Waals surface area (Å²) in [5, 5.41) is 4.03. The molecule has 1 N–H and O–H groups in total. The molecule has 0 bridgehead atoms. The van der Waals surface area contributed by atoms with Crippen molar-refractivity contribution in [3.63, 3.8) is 0 Å². The first-order chi connectivity index (χ1) is 14.5. The molecule has 0 saturated heterocycles. The molecule has 1 amide bonds. The number of fused-ring (bicyclic) bond motifs is 1. The van der Waals surface area contributed by atoms with Gasteiger partial charge in [-0.15, -0.1) is 0 Å². The Balaban J connectivity index is 1.61. The second kappa shape index (κ2) is 8.15. The number of carbonyl (C=O) groups is 1. The molecule has 30 heavy (non-hydrogen) atoms. The minimum atomic E-state index is -0.205. The normalized spacial score (nSPS) is 11.1. The van der Waals surface area contributed by atoms with Crippen LogP contribution in [-0.4, -0.2) is 10.5 Å². The molecule has 1 heterocycles. The smallest absolute Gasteiger partial charge is 0.251 e. The first kappa shape index (κ1) is 19.9. The maximum absolute atomic E-state index is 14.2. The van der Waals surface area contributed by atoms with Crippen molar-refractivity contribution in [3.8, 4) is 0 Å². The zero-order valence-corrected chi connectivity index (χ0v) is 17.5. The Kier molecular flexibility index (Phi) is 5.40. The van der Waals surface area contributed by atoms with Crippen LogP contribution >= 0.6 is 0 Å². The number of rotatable bonds is 5. The van der Waals surface area contributed by atoms with Crippen LogP contribution in [0.5, 0.6) is 0 Å². The summed E-state index contributed by atoms with van der Waals surface area (Å²) in [6, 6.07) is 20.6. The minimum absolute atomic E-state index is 0.0981. The van der Waals surface area contributed by atoms with Gasteiger partial charge in [0.1, 0.15) is 5.82 Å². The highest BCUT2D eigenvalue weighted by atomic mass is 19.1. The average Bonchev–Trinajstić information content (AvgIpc) is 2.99. The fourth-order valence-electron chi connectivity index (χ4n) is 3.88. The molecule has 1 aromatic heterocycles. The van der Waals surface area contributed by atoms with Gasteiger partial charge < -0.3 is 9.88 Å². The molecule has 0 saturated carbocycles. The predicted molar refractivity (Wildman–Crippen MR) is 119 cm³/mol. The fraction of sp³-hybridized carbons (Fsp3) is 0.192. The molecule has 4 heteroatoms. The second-order valence-electron chi connectivity index (χ2n) is 7.73. The highest BCUT2D eigenvalue weighted by molar-refractivity contribution is 5.99. The Hall–Kier alpha value is -3.40. The number of aryl methyl sites for hydroxylation is 2. The van der Waals surface area contributed by atoms with Crippen LogP contribution in [0.4, 0.5) is 4.39 Å². The van der Waals surface area contributed by atoms with Crippen molar-refractivity contribution in [2.75, 3.05) is 0 Å². The number of hydrogen-bond acceptors (Lipinski definition) is 1. The van der Waals surface area contributed by atoms with Crippen LogP contribution in [0.15, 0.2) is 66.7 Å². The summed E-state index contributed by atoms with van der Waals surface area (Å²) in [4.78, 5) is 12.7. The molecule has 3 nitrogen and oxygen atoms in total. The van der Waals surface area contributed by atoms with E-state index in [-0.39, 0.29) is 11.7 Å². The van der Waals surface area contributed by atoms with Crippen molar-refractivity contribution in [2.45, 2.75) is 33.9 Å².